The van der Waals surface area contributed by atoms with E-state index in [1.807, 2.05) is 0 Å². The fraction of sp³-hybridized carbons (Fsp3) is 0.286. The first-order valence-corrected chi connectivity index (χ1v) is 7.16. The average Bonchev–Trinajstić information content (AvgIpc) is 2.67. The molecule has 0 amide bonds. The van der Waals surface area contributed by atoms with Crippen LogP contribution in [0.4, 0.5) is 0 Å². The molecule has 1 heterocycles. The van der Waals surface area contributed by atoms with Crippen LogP contribution in [0.25, 0.3) is 10.0 Å². The fourth-order valence-electron chi connectivity index (χ4n) is 1.71. The number of hydrogen-bond donors (Lipinski definition) is 0. The molecule has 0 bridgehead atoms. The third kappa shape index (κ3) is 2.62. The van der Waals surface area contributed by atoms with Crippen molar-refractivity contribution < 1.29 is 0 Å². The van der Waals surface area contributed by atoms with E-state index in [2.05, 4.69) is 50.2 Å². The summed E-state index contributed by atoms with van der Waals surface area (Å²) in [7, 11) is 0. The number of benzene rings is 1. The Bertz CT molecular complexity index is 423. The first-order chi connectivity index (χ1) is 7.29. The van der Waals surface area contributed by atoms with Gasteiger partial charge in [-0.3, -0.25) is 0 Å². The monoisotopic (exact) mass is 264 g/mol. The first-order valence-electron chi connectivity index (χ1n) is 5.45. The van der Waals surface area contributed by atoms with Gasteiger partial charge in [-0.15, -0.1) is 0 Å². The third-order valence-corrected chi connectivity index (χ3v) is 4.72. The van der Waals surface area contributed by atoms with Crippen LogP contribution in [0.3, 0.4) is 0 Å². The molecule has 1 aromatic carbocycles. The van der Waals surface area contributed by atoms with Crippen LogP contribution in [0.15, 0.2) is 36.4 Å². The predicted octanol–water partition coefficient (Wildman–Crippen LogP) is 3.67. The summed E-state index contributed by atoms with van der Waals surface area (Å²) in [5.41, 5.74) is 2.86. The van der Waals surface area contributed by atoms with Crippen molar-refractivity contribution in [1.82, 2.24) is 0 Å². The Labute approximate surface area is 97.7 Å². The Kier molecular flexibility index (Phi) is 3.45. The van der Waals surface area contributed by atoms with Gasteiger partial charge in [0.25, 0.3) is 0 Å². The van der Waals surface area contributed by atoms with Crippen LogP contribution < -0.4 is 0 Å². The molecule has 0 atom stereocenters. The van der Waals surface area contributed by atoms with Gasteiger partial charge in [-0.25, -0.2) is 0 Å². The molecule has 15 heavy (non-hydrogen) atoms. The molecule has 0 aliphatic rings. The van der Waals surface area contributed by atoms with Gasteiger partial charge in [-0.05, 0) is 0 Å². The van der Waals surface area contributed by atoms with Crippen molar-refractivity contribution >= 4 is 14.5 Å². The molecule has 1 aromatic heterocycles. The molecular formula is C14H16Se. The molecular weight excluding hydrogens is 247 g/mol. The molecule has 0 radical (unpaired) electrons. The predicted molar refractivity (Wildman–Crippen MR) is 67.6 cm³/mol. The van der Waals surface area contributed by atoms with Gasteiger partial charge in [0.2, 0.25) is 0 Å². The normalized spacial score (nSPS) is 10.5. The van der Waals surface area contributed by atoms with Crippen LogP contribution in [0.2, 0.25) is 0 Å². The summed E-state index contributed by atoms with van der Waals surface area (Å²) in [6.45, 7) is 4.44. The summed E-state index contributed by atoms with van der Waals surface area (Å²) in [6.07, 6.45) is 2.42. The Morgan fingerprint density at radius 3 is 2.27 bits per heavy atom. The van der Waals surface area contributed by atoms with Crippen molar-refractivity contribution in [2.45, 2.75) is 26.7 Å². The molecule has 0 unspecified atom stereocenters. The van der Waals surface area contributed by atoms with Crippen molar-refractivity contribution in [2.24, 2.45) is 0 Å². The Hall–Kier alpha value is -0.781. The van der Waals surface area contributed by atoms with Crippen molar-refractivity contribution in [2.75, 3.05) is 0 Å². The molecule has 2 rings (SSSR count). The molecule has 2 aromatic rings. The molecule has 1 heteroatoms. The van der Waals surface area contributed by atoms with Crippen LogP contribution in [0.5, 0.6) is 0 Å². The zero-order valence-corrected chi connectivity index (χ0v) is 11.0. The molecule has 0 aliphatic heterocycles. The summed E-state index contributed by atoms with van der Waals surface area (Å²) in [5, 5.41) is 0. The SMILES string of the molecule is CCCc1ccc(-c2ccc(C)[se]2)cc1. The van der Waals surface area contributed by atoms with Crippen molar-refractivity contribution in [1.29, 1.82) is 0 Å². The van der Waals surface area contributed by atoms with Crippen LogP contribution in [-0.4, -0.2) is 14.5 Å². The summed E-state index contributed by atoms with van der Waals surface area (Å²) in [6, 6.07) is 13.6. The van der Waals surface area contributed by atoms with Crippen molar-refractivity contribution in [3.05, 3.63) is 46.4 Å². The van der Waals surface area contributed by atoms with Gasteiger partial charge >= 0.3 is 97.6 Å². The number of aryl methyl sites for hydroxylation is 2. The fourth-order valence-corrected chi connectivity index (χ4v) is 3.55. The summed E-state index contributed by atoms with van der Waals surface area (Å²) < 4.78 is 3.04. The first kappa shape index (κ1) is 10.7. The minimum absolute atomic E-state index is 0.562. The molecule has 0 saturated heterocycles. The van der Waals surface area contributed by atoms with E-state index in [-0.39, 0.29) is 0 Å². The second-order valence-electron chi connectivity index (χ2n) is 3.86. The second-order valence-corrected chi connectivity index (χ2v) is 6.56. The van der Waals surface area contributed by atoms with Crippen LogP contribution in [0, 0.1) is 6.92 Å². The minimum atomic E-state index is 0.562. The molecule has 0 saturated carbocycles. The summed E-state index contributed by atoms with van der Waals surface area (Å²) >= 11 is 0.562. The Morgan fingerprint density at radius 1 is 1.00 bits per heavy atom. The second kappa shape index (κ2) is 4.83. The van der Waals surface area contributed by atoms with E-state index >= 15 is 0 Å². The quantitative estimate of drug-likeness (QED) is 0.741. The van der Waals surface area contributed by atoms with Gasteiger partial charge in [0.15, 0.2) is 0 Å². The van der Waals surface area contributed by atoms with Crippen molar-refractivity contribution in [3.8, 4) is 10.0 Å². The van der Waals surface area contributed by atoms with Crippen LogP contribution >= 0.6 is 0 Å². The summed E-state index contributed by atoms with van der Waals surface area (Å²) in [4.78, 5) is 0. The Morgan fingerprint density at radius 2 is 1.73 bits per heavy atom. The standard InChI is InChI=1S/C14H16Se/c1-3-4-12-6-8-13(9-7-12)14-10-5-11(2)15-14/h5-10H,3-4H2,1-2H3. The third-order valence-electron chi connectivity index (χ3n) is 2.52. The maximum atomic E-state index is 2.27. The molecule has 78 valence electrons. The summed E-state index contributed by atoms with van der Waals surface area (Å²) in [5.74, 6) is 0. The molecule has 0 nitrogen and oxygen atoms in total. The van der Waals surface area contributed by atoms with E-state index in [4.69, 9.17) is 0 Å². The number of rotatable bonds is 3. The zero-order chi connectivity index (χ0) is 10.7. The molecule has 0 aliphatic carbocycles. The number of hydrogen-bond acceptors (Lipinski definition) is 0. The van der Waals surface area contributed by atoms with Gasteiger partial charge in [-0.2, -0.15) is 0 Å². The maximum absolute atomic E-state index is 2.27. The van der Waals surface area contributed by atoms with E-state index in [0.717, 1.165) is 0 Å². The van der Waals surface area contributed by atoms with Crippen molar-refractivity contribution in [3.63, 3.8) is 0 Å². The van der Waals surface area contributed by atoms with E-state index in [0.29, 0.717) is 14.5 Å². The van der Waals surface area contributed by atoms with Crippen LogP contribution in [0.1, 0.15) is 23.3 Å². The molecule has 0 N–H and O–H groups in total. The van der Waals surface area contributed by atoms with E-state index in [9.17, 15) is 0 Å². The Balaban J connectivity index is 2.23. The average molecular weight is 263 g/mol. The molecule has 0 fully saturated rings. The van der Waals surface area contributed by atoms with Crippen LogP contribution in [-0.2, 0) is 6.42 Å². The molecule has 0 spiro atoms. The van der Waals surface area contributed by atoms with Gasteiger partial charge in [0.1, 0.15) is 0 Å². The van der Waals surface area contributed by atoms with Gasteiger partial charge in [-0.1, -0.05) is 0 Å². The van der Waals surface area contributed by atoms with E-state index < -0.39 is 0 Å². The van der Waals surface area contributed by atoms with E-state index in [1.54, 1.807) is 0 Å². The van der Waals surface area contributed by atoms with Gasteiger partial charge in [0, 0.05) is 0 Å². The van der Waals surface area contributed by atoms with E-state index in [1.165, 1.54) is 32.8 Å². The van der Waals surface area contributed by atoms with Gasteiger partial charge in [0.05, 0.1) is 0 Å². The zero-order valence-electron chi connectivity index (χ0n) is 9.29. The topological polar surface area (TPSA) is 0 Å². The van der Waals surface area contributed by atoms with Gasteiger partial charge < -0.3 is 0 Å².